The minimum atomic E-state index is -1.47. The standard InChI is InChI=1S/C23H20N2O4/c1-29-23(28)21(26)15-9-5-11-17-19(15)20-16(22(24)27)10-6-12-18(20)25(17)13-14-7-3-2-4-8-14/h2-12,21,26H,13H2,1H3,(H2,24,27). The highest BCUT2D eigenvalue weighted by Gasteiger charge is 2.25. The maximum absolute atomic E-state index is 12.2. The van der Waals surface area contributed by atoms with E-state index in [1.54, 1.807) is 24.3 Å². The van der Waals surface area contributed by atoms with Crippen molar-refractivity contribution in [3.63, 3.8) is 0 Å². The first kappa shape index (κ1) is 18.7. The van der Waals surface area contributed by atoms with Crippen LogP contribution in [-0.2, 0) is 16.1 Å². The van der Waals surface area contributed by atoms with Crippen LogP contribution >= 0.6 is 0 Å². The van der Waals surface area contributed by atoms with E-state index in [1.807, 2.05) is 42.5 Å². The molecule has 29 heavy (non-hydrogen) atoms. The summed E-state index contributed by atoms with van der Waals surface area (Å²) in [6.45, 7) is 0.556. The van der Waals surface area contributed by atoms with Gasteiger partial charge in [-0.05, 0) is 23.8 Å². The fourth-order valence-electron chi connectivity index (χ4n) is 3.82. The summed E-state index contributed by atoms with van der Waals surface area (Å²) in [5.74, 6) is -1.34. The summed E-state index contributed by atoms with van der Waals surface area (Å²) >= 11 is 0. The van der Waals surface area contributed by atoms with E-state index in [0.717, 1.165) is 16.6 Å². The number of hydrogen-bond acceptors (Lipinski definition) is 4. The Morgan fingerprint density at radius 3 is 2.28 bits per heavy atom. The fourth-order valence-corrected chi connectivity index (χ4v) is 3.82. The van der Waals surface area contributed by atoms with Crippen molar-refractivity contribution in [2.75, 3.05) is 7.11 Å². The molecule has 6 heteroatoms. The van der Waals surface area contributed by atoms with Crippen molar-refractivity contribution >= 4 is 33.7 Å². The lowest BCUT2D eigenvalue weighted by molar-refractivity contribution is -0.150. The molecule has 0 aliphatic rings. The van der Waals surface area contributed by atoms with Gasteiger partial charge in [-0.1, -0.05) is 48.5 Å². The number of nitrogens with two attached hydrogens (primary N) is 1. The number of methoxy groups -OCH3 is 1. The molecule has 3 N–H and O–H groups in total. The first-order valence-corrected chi connectivity index (χ1v) is 9.16. The number of fused-ring (bicyclic) bond motifs is 3. The quantitative estimate of drug-likeness (QED) is 0.514. The lowest BCUT2D eigenvalue weighted by Crippen LogP contribution is -2.14. The van der Waals surface area contributed by atoms with E-state index in [4.69, 9.17) is 10.5 Å². The Bertz CT molecular complexity index is 1230. The summed E-state index contributed by atoms with van der Waals surface area (Å²) in [4.78, 5) is 24.2. The zero-order chi connectivity index (χ0) is 20.5. The molecule has 6 nitrogen and oxygen atoms in total. The zero-order valence-corrected chi connectivity index (χ0v) is 15.8. The predicted octanol–water partition coefficient (Wildman–Crippen LogP) is 3.15. The number of benzene rings is 3. The van der Waals surface area contributed by atoms with E-state index in [9.17, 15) is 14.7 Å². The van der Waals surface area contributed by atoms with E-state index in [-0.39, 0.29) is 0 Å². The minimum Gasteiger partial charge on any atom is -0.467 e. The van der Waals surface area contributed by atoms with Gasteiger partial charge in [0.25, 0.3) is 0 Å². The Hall–Kier alpha value is -3.64. The van der Waals surface area contributed by atoms with E-state index >= 15 is 0 Å². The number of aliphatic hydroxyl groups excluding tert-OH is 1. The number of esters is 1. The Morgan fingerprint density at radius 2 is 1.62 bits per heavy atom. The molecule has 0 fully saturated rings. The molecule has 0 saturated heterocycles. The molecule has 0 aliphatic heterocycles. The van der Waals surface area contributed by atoms with Gasteiger partial charge >= 0.3 is 5.97 Å². The first-order valence-electron chi connectivity index (χ1n) is 9.16. The molecule has 1 heterocycles. The number of carbonyl (C=O) groups excluding carboxylic acids is 2. The van der Waals surface area contributed by atoms with Crippen LogP contribution in [0.25, 0.3) is 21.8 Å². The van der Waals surface area contributed by atoms with E-state index in [1.165, 1.54) is 7.11 Å². The Labute approximate surface area is 167 Å². The molecule has 1 unspecified atom stereocenters. The number of aliphatic hydroxyl groups is 1. The number of aromatic nitrogens is 1. The number of primary amides is 1. The second-order valence-electron chi connectivity index (χ2n) is 6.80. The van der Waals surface area contributed by atoms with Crippen LogP contribution < -0.4 is 5.73 Å². The molecule has 4 rings (SSSR count). The third-order valence-corrected chi connectivity index (χ3v) is 5.12. The number of hydrogen-bond donors (Lipinski definition) is 2. The lowest BCUT2D eigenvalue weighted by Gasteiger charge is -2.11. The highest BCUT2D eigenvalue weighted by molar-refractivity contribution is 6.19. The Morgan fingerprint density at radius 1 is 0.966 bits per heavy atom. The predicted molar refractivity (Wildman–Crippen MR) is 110 cm³/mol. The van der Waals surface area contributed by atoms with E-state index in [0.29, 0.717) is 28.4 Å². The number of rotatable bonds is 5. The monoisotopic (exact) mass is 388 g/mol. The Balaban J connectivity index is 2.09. The molecule has 1 aromatic heterocycles. The van der Waals surface area contributed by atoms with Gasteiger partial charge in [0.15, 0.2) is 6.10 Å². The molecule has 3 aromatic carbocycles. The van der Waals surface area contributed by atoms with Crippen molar-refractivity contribution in [3.8, 4) is 0 Å². The lowest BCUT2D eigenvalue weighted by atomic mass is 9.99. The molecule has 0 saturated carbocycles. The van der Waals surface area contributed by atoms with Gasteiger partial charge in [-0.2, -0.15) is 0 Å². The van der Waals surface area contributed by atoms with Crippen molar-refractivity contribution in [1.29, 1.82) is 0 Å². The summed E-state index contributed by atoms with van der Waals surface area (Å²) in [7, 11) is 1.22. The third kappa shape index (κ3) is 3.13. The molecular formula is C23H20N2O4. The zero-order valence-electron chi connectivity index (χ0n) is 15.8. The van der Waals surface area contributed by atoms with Crippen molar-refractivity contribution in [2.45, 2.75) is 12.6 Å². The maximum atomic E-state index is 12.2. The molecule has 0 aliphatic carbocycles. The van der Waals surface area contributed by atoms with Crippen LogP contribution in [0, 0.1) is 0 Å². The van der Waals surface area contributed by atoms with Gasteiger partial charge in [0.1, 0.15) is 0 Å². The van der Waals surface area contributed by atoms with E-state index in [2.05, 4.69) is 4.57 Å². The van der Waals surface area contributed by atoms with Crippen molar-refractivity contribution in [1.82, 2.24) is 4.57 Å². The highest BCUT2D eigenvalue weighted by Crippen LogP contribution is 2.37. The molecule has 0 radical (unpaired) electrons. The number of ether oxygens (including phenoxy) is 1. The molecular weight excluding hydrogens is 368 g/mol. The second-order valence-corrected chi connectivity index (χ2v) is 6.80. The van der Waals surface area contributed by atoms with E-state index < -0.39 is 18.0 Å². The van der Waals surface area contributed by atoms with Crippen LogP contribution in [-0.4, -0.2) is 28.7 Å². The molecule has 4 aromatic rings. The van der Waals surface area contributed by atoms with Crippen LogP contribution in [0.15, 0.2) is 66.7 Å². The molecule has 0 bridgehead atoms. The van der Waals surface area contributed by atoms with Gasteiger partial charge in [-0.15, -0.1) is 0 Å². The average Bonchev–Trinajstić information content (AvgIpc) is 3.07. The summed E-state index contributed by atoms with van der Waals surface area (Å²) in [5, 5.41) is 11.8. The normalized spacial score (nSPS) is 12.2. The van der Waals surface area contributed by atoms with Gasteiger partial charge < -0.3 is 20.1 Å². The molecule has 1 amide bonds. The summed E-state index contributed by atoms with van der Waals surface area (Å²) < 4.78 is 6.78. The van der Waals surface area contributed by atoms with Gasteiger partial charge in [0, 0.05) is 34.0 Å². The van der Waals surface area contributed by atoms with Crippen LogP contribution in [0.1, 0.15) is 27.6 Å². The summed E-state index contributed by atoms with van der Waals surface area (Å²) in [6.07, 6.45) is -1.47. The SMILES string of the molecule is COC(=O)C(O)c1cccc2c1c1c(C(N)=O)cccc1n2Cc1ccccc1. The van der Waals surface area contributed by atoms with Gasteiger partial charge in [-0.3, -0.25) is 4.79 Å². The third-order valence-electron chi connectivity index (χ3n) is 5.12. The van der Waals surface area contributed by atoms with Crippen LogP contribution in [0.4, 0.5) is 0 Å². The minimum absolute atomic E-state index is 0.337. The Kier molecular flexibility index (Phi) is 4.78. The number of nitrogens with zero attached hydrogens (tertiary/aromatic N) is 1. The highest BCUT2D eigenvalue weighted by atomic mass is 16.5. The maximum Gasteiger partial charge on any atom is 0.339 e. The summed E-state index contributed by atoms with van der Waals surface area (Å²) in [5.41, 5.74) is 9.02. The smallest absolute Gasteiger partial charge is 0.339 e. The van der Waals surface area contributed by atoms with Crippen LogP contribution in [0.3, 0.4) is 0 Å². The first-order chi connectivity index (χ1) is 14.0. The van der Waals surface area contributed by atoms with Gasteiger partial charge in [-0.25, -0.2) is 4.79 Å². The number of carbonyl (C=O) groups is 2. The van der Waals surface area contributed by atoms with Crippen LogP contribution in [0.5, 0.6) is 0 Å². The topological polar surface area (TPSA) is 94.6 Å². The molecule has 1 atom stereocenters. The van der Waals surface area contributed by atoms with Crippen molar-refractivity contribution < 1.29 is 19.4 Å². The van der Waals surface area contributed by atoms with Gasteiger partial charge in [0.2, 0.25) is 5.91 Å². The summed E-state index contributed by atoms with van der Waals surface area (Å²) in [6, 6.07) is 20.6. The van der Waals surface area contributed by atoms with Crippen molar-refractivity contribution in [3.05, 3.63) is 83.4 Å². The second kappa shape index (κ2) is 7.41. The molecule has 146 valence electrons. The van der Waals surface area contributed by atoms with Gasteiger partial charge in [0.05, 0.1) is 12.6 Å². The number of amides is 1. The largest absolute Gasteiger partial charge is 0.467 e. The average molecular weight is 388 g/mol. The fraction of sp³-hybridized carbons (Fsp3) is 0.130. The molecule has 0 spiro atoms. The van der Waals surface area contributed by atoms with Crippen molar-refractivity contribution in [2.24, 2.45) is 5.73 Å². The van der Waals surface area contributed by atoms with Crippen LogP contribution in [0.2, 0.25) is 0 Å².